The van der Waals surface area contributed by atoms with Crippen LogP contribution in [0.4, 0.5) is 0 Å². The number of benzene rings is 1. The molecule has 0 aliphatic carbocycles. The smallest absolute Gasteiger partial charge is 0.269 e. The standard InChI is InChI=1S/C12H9BrN2O2S/c13-11-8-15(12-10(11)6-7-14-12)18(16,17)9-4-2-1-3-5-9/h1-8,14H. The predicted molar refractivity (Wildman–Crippen MR) is 73.0 cm³/mol. The van der Waals surface area contributed by atoms with Crippen LogP contribution in [-0.4, -0.2) is 17.4 Å². The van der Waals surface area contributed by atoms with E-state index in [1.165, 1.54) is 3.97 Å². The third-order valence-corrected chi connectivity index (χ3v) is 5.04. The molecule has 0 amide bonds. The summed E-state index contributed by atoms with van der Waals surface area (Å²) in [5, 5.41) is 0.842. The summed E-state index contributed by atoms with van der Waals surface area (Å²) in [7, 11) is -3.56. The number of halogens is 1. The van der Waals surface area contributed by atoms with Crippen LogP contribution in [0.5, 0.6) is 0 Å². The minimum Gasteiger partial charge on any atom is -0.347 e. The molecule has 0 radical (unpaired) electrons. The molecule has 1 N–H and O–H groups in total. The monoisotopic (exact) mass is 324 g/mol. The predicted octanol–water partition coefficient (Wildman–Crippen LogP) is 2.97. The van der Waals surface area contributed by atoms with Crippen molar-refractivity contribution in [1.29, 1.82) is 0 Å². The van der Waals surface area contributed by atoms with Gasteiger partial charge in [0.1, 0.15) is 5.65 Å². The van der Waals surface area contributed by atoms with E-state index in [1.54, 1.807) is 42.7 Å². The van der Waals surface area contributed by atoms with Gasteiger partial charge < -0.3 is 4.98 Å². The number of hydrogen-bond acceptors (Lipinski definition) is 2. The molecule has 0 unspecified atom stereocenters. The van der Waals surface area contributed by atoms with Gasteiger partial charge in [-0.15, -0.1) is 0 Å². The van der Waals surface area contributed by atoms with Crippen LogP contribution in [0.25, 0.3) is 11.0 Å². The van der Waals surface area contributed by atoms with Crippen LogP contribution in [0.3, 0.4) is 0 Å². The lowest BCUT2D eigenvalue weighted by molar-refractivity contribution is 0.588. The minimum absolute atomic E-state index is 0.268. The molecule has 18 heavy (non-hydrogen) atoms. The molecule has 0 fully saturated rings. The first-order valence-corrected chi connectivity index (χ1v) is 7.48. The maximum Gasteiger partial charge on any atom is 0.269 e. The first kappa shape index (κ1) is 11.6. The normalized spacial score (nSPS) is 12.1. The highest BCUT2D eigenvalue weighted by Crippen LogP contribution is 2.28. The van der Waals surface area contributed by atoms with E-state index >= 15 is 0 Å². The van der Waals surface area contributed by atoms with Gasteiger partial charge in [-0.25, -0.2) is 12.4 Å². The Hall–Kier alpha value is -1.53. The number of aromatic amines is 1. The van der Waals surface area contributed by atoms with Gasteiger partial charge in [0.2, 0.25) is 0 Å². The molecular formula is C12H9BrN2O2S. The summed E-state index contributed by atoms with van der Waals surface area (Å²) in [6, 6.07) is 10.2. The summed E-state index contributed by atoms with van der Waals surface area (Å²) in [4.78, 5) is 3.21. The topological polar surface area (TPSA) is 54.9 Å². The highest BCUT2D eigenvalue weighted by Gasteiger charge is 2.20. The van der Waals surface area contributed by atoms with Crippen LogP contribution < -0.4 is 0 Å². The van der Waals surface area contributed by atoms with Crippen LogP contribution in [0, 0.1) is 0 Å². The van der Waals surface area contributed by atoms with Crippen LogP contribution in [-0.2, 0) is 10.0 Å². The second kappa shape index (κ2) is 4.00. The fourth-order valence-electron chi connectivity index (χ4n) is 1.87. The molecule has 3 aromatic rings. The number of hydrogen-bond donors (Lipinski definition) is 1. The summed E-state index contributed by atoms with van der Waals surface area (Å²) >= 11 is 3.36. The van der Waals surface area contributed by atoms with Crippen molar-refractivity contribution in [3.63, 3.8) is 0 Å². The Kier molecular flexibility index (Phi) is 2.57. The SMILES string of the molecule is O=S(=O)(c1ccccc1)n1cc(Br)c2cc[nH]c21. The van der Waals surface area contributed by atoms with Gasteiger partial charge in [0.25, 0.3) is 10.0 Å². The molecule has 0 saturated carbocycles. The summed E-state index contributed by atoms with van der Waals surface area (Å²) < 4.78 is 27.0. The van der Waals surface area contributed by atoms with Crippen molar-refractivity contribution in [3.05, 3.63) is 53.3 Å². The molecule has 2 aromatic heterocycles. The van der Waals surface area contributed by atoms with E-state index in [9.17, 15) is 8.42 Å². The van der Waals surface area contributed by atoms with E-state index in [0.29, 0.717) is 5.65 Å². The van der Waals surface area contributed by atoms with Gasteiger partial charge in [-0.3, -0.25) is 0 Å². The van der Waals surface area contributed by atoms with Crippen molar-refractivity contribution in [2.45, 2.75) is 4.90 Å². The Bertz CT molecular complexity index is 803. The van der Waals surface area contributed by atoms with Crippen LogP contribution in [0.2, 0.25) is 0 Å². The summed E-state index contributed by atoms with van der Waals surface area (Å²) in [5.41, 5.74) is 0.561. The van der Waals surface area contributed by atoms with E-state index < -0.39 is 10.0 Å². The Morgan fingerprint density at radius 1 is 1.11 bits per heavy atom. The van der Waals surface area contributed by atoms with Gasteiger partial charge in [-0.1, -0.05) is 18.2 Å². The molecule has 0 aliphatic heterocycles. The van der Waals surface area contributed by atoms with Gasteiger partial charge in [0, 0.05) is 22.3 Å². The lowest BCUT2D eigenvalue weighted by Crippen LogP contribution is -2.11. The molecule has 92 valence electrons. The van der Waals surface area contributed by atoms with E-state index in [4.69, 9.17) is 0 Å². The van der Waals surface area contributed by atoms with Gasteiger partial charge in [-0.2, -0.15) is 0 Å². The lowest BCUT2D eigenvalue weighted by Gasteiger charge is -2.05. The Morgan fingerprint density at radius 2 is 1.83 bits per heavy atom. The molecule has 0 atom stereocenters. The maximum atomic E-state index is 12.5. The number of fused-ring (bicyclic) bond motifs is 1. The van der Waals surface area contributed by atoms with Crippen molar-refractivity contribution < 1.29 is 8.42 Å². The van der Waals surface area contributed by atoms with Crippen LogP contribution in [0.15, 0.2) is 58.2 Å². The first-order chi connectivity index (χ1) is 8.60. The fraction of sp³-hybridized carbons (Fsp3) is 0. The molecule has 0 bridgehead atoms. The Labute approximate surface area is 112 Å². The number of nitrogens with zero attached hydrogens (tertiary/aromatic N) is 1. The lowest BCUT2D eigenvalue weighted by atomic mass is 10.4. The third kappa shape index (κ3) is 1.60. The zero-order valence-corrected chi connectivity index (χ0v) is 11.6. The molecule has 4 nitrogen and oxygen atoms in total. The van der Waals surface area contributed by atoms with Gasteiger partial charge in [0.05, 0.1) is 4.90 Å². The molecule has 1 aromatic carbocycles. The van der Waals surface area contributed by atoms with E-state index in [2.05, 4.69) is 20.9 Å². The van der Waals surface area contributed by atoms with Gasteiger partial charge in [0.15, 0.2) is 0 Å². The van der Waals surface area contributed by atoms with Crippen molar-refractivity contribution in [3.8, 4) is 0 Å². The summed E-state index contributed by atoms with van der Waals surface area (Å²) in [6.07, 6.45) is 3.27. The average molecular weight is 325 g/mol. The summed E-state index contributed by atoms with van der Waals surface area (Å²) in [6.45, 7) is 0. The Balaban J connectivity index is 2.30. The molecule has 3 rings (SSSR count). The fourth-order valence-corrected chi connectivity index (χ4v) is 3.89. The Morgan fingerprint density at radius 3 is 2.56 bits per heavy atom. The summed E-state index contributed by atoms with van der Waals surface area (Å²) in [5.74, 6) is 0. The highest BCUT2D eigenvalue weighted by atomic mass is 79.9. The van der Waals surface area contributed by atoms with Crippen molar-refractivity contribution in [1.82, 2.24) is 8.96 Å². The minimum atomic E-state index is -3.56. The number of rotatable bonds is 2. The van der Waals surface area contributed by atoms with E-state index in [-0.39, 0.29) is 4.90 Å². The highest BCUT2D eigenvalue weighted by molar-refractivity contribution is 9.10. The van der Waals surface area contributed by atoms with Crippen molar-refractivity contribution >= 4 is 37.0 Å². The second-order valence-electron chi connectivity index (χ2n) is 3.83. The molecular weight excluding hydrogens is 316 g/mol. The molecule has 0 saturated heterocycles. The molecule has 2 heterocycles. The first-order valence-electron chi connectivity index (χ1n) is 5.25. The van der Waals surface area contributed by atoms with Crippen molar-refractivity contribution in [2.24, 2.45) is 0 Å². The molecule has 6 heteroatoms. The average Bonchev–Trinajstić information content (AvgIpc) is 2.95. The van der Waals surface area contributed by atoms with Gasteiger partial charge in [-0.05, 0) is 34.1 Å². The van der Waals surface area contributed by atoms with Crippen molar-refractivity contribution in [2.75, 3.05) is 0 Å². The maximum absolute atomic E-state index is 12.5. The molecule has 0 aliphatic rings. The number of aromatic nitrogens is 2. The van der Waals surface area contributed by atoms with Gasteiger partial charge >= 0.3 is 0 Å². The van der Waals surface area contributed by atoms with Crippen LogP contribution >= 0.6 is 15.9 Å². The van der Waals surface area contributed by atoms with Crippen LogP contribution in [0.1, 0.15) is 0 Å². The molecule has 0 spiro atoms. The van der Waals surface area contributed by atoms with E-state index in [0.717, 1.165) is 9.86 Å². The number of nitrogens with one attached hydrogen (secondary N) is 1. The quantitative estimate of drug-likeness (QED) is 0.787. The number of H-pyrrole nitrogens is 1. The second-order valence-corrected chi connectivity index (χ2v) is 6.50. The third-order valence-electron chi connectivity index (χ3n) is 2.73. The largest absolute Gasteiger partial charge is 0.347 e. The van der Waals surface area contributed by atoms with E-state index in [1.807, 2.05) is 6.07 Å². The zero-order valence-electron chi connectivity index (χ0n) is 9.17. The zero-order chi connectivity index (χ0) is 12.8.